The number of carbonyl (C=O) groups is 1. The highest BCUT2D eigenvalue weighted by atomic mass is 16.2. The molecule has 0 saturated carbocycles. The monoisotopic (exact) mass is 315 g/mol. The zero-order valence-electron chi connectivity index (χ0n) is 14.1. The summed E-state index contributed by atoms with van der Waals surface area (Å²) in [6, 6.07) is 21.3. The molecule has 24 heavy (non-hydrogen) atoms. The molecule has 0 radical (unpaired) electrons. The van der Waals surface area contributed by atoms with Gasteiger partial charge in [-0.3, -0.25) is 4.79 Å². The van der Waals surface area contributed by atoms with Crippen molar-refractivity contribution < 1.29 is 4.79 Å². The quantitative estimate of drug-likeness (QED) is 0.600. The van der Waals surface area contributed by atoms with E-state index in [4.69, 9.17) is 0 Å². The lowest BCUT2D eigenvalue weighted by molar-refractivity contribution is -0.116. The topological polar surface area (TPSA) is 20.3 Å². The lowest BCUT2D eigenvalue weighted by Gasteiger charge is -2.25. The minimum absolute atomic E-state index is 0.0964. The Morgan fingerprint density at radius 1 is 1.00 bits per heavy atom. The minimum atomic E-state index is 0.0964. The molecule has 1 atom stereocenters. The molecule has 1 heterocycles. The van der Waals surface area contributed by atoms with Crippen molar-refractivity contribution in [3.63, 3.8) is 0 Å². The summed E-state index contributed by atoms with van der Waals surface area (Å²) in [5.74, 6) is 0.421. The van der Waals surface area contributed by atoms with Gasteiger partial charge >= 0.3 is 0 Å². The number of benzene rings is 3. The van der Waals surface area contributed by atoms with E-state index in [1.165, 1.54) is 22.1 Å². The first-order chi connectivity index (χ1) is 11.7. The lowest BCUT2D eigenvalue weighted by atomic mass is 9.85. The van der Waals surface area contributed by atoms with Crippen LogP contribution in [0.3, 0.4) is 0 Å². The molecule has 0 saturated heterocycles. The van der Waals surface area contributed by atoms with E-state index in [0.29, 0.717) is 12.5 Å². The van der Waals surface area contributed by atoms with Crippen LogP contribution in [0.25, 0.3) is 10.8 Å². The van der Waals surface area contributed by atoms with Crippen LogP contribution in [0.15, 0.2) is 60.7 Å². The predicted octanol–water partition coefficient (Wildman–Crippen LogP) is 5.25. The van der Waals surface area contributed by atoms with E-state index in [-0.39, 0.29) is 5.91 Å². The standard InChI is InChI=1S/C22H21NO/c1-3-18-19-10-6-5-9-17(19)14-23(15(2)24)22-20-11-7-4-8-16(20)12-13-21(18)22/h4-13,18H,3,14H2,1-2H3/t18-/m1/s1. The fourth-order valence-corrected chi connectivity index (χ4v) is 4.00. The van der Waals surface area contributed by atoms with Gasteiger partial charge in [0.2, 0.25) is 5.91 Å². The molecule has 0 unspecified atom stereocenters. The molecule has 1 aliphatic rings. The van der Waals surface area contributed by atoms with Gasteiger partial charge in [-0.05, 0) is 28.5 Å². The van der Waals surface area contributed by atoms with E-state index in [0.717, 1.165) is 17.5 Å². The van der Waals surface area contributed by atoms with Crippen molar-refractivity contribution >= 4 is 22.4 Å². The van der Waals surface area contributed by atoms with E-state index in [1.807, 2.05) is 4.90 Å². The molecule has 0 aromatic heterocycles. The second-order valence-electron chi connectivity index (χ2n) is 6.49. The fourth-order valence-electron chi connectivity index (χ4n) is 4.00. The number of nitrogens with zero attached hydrogens (tertiary/aromatic N) is 1. The van der Waals surface area contributed by atoms with Gasteiger partial charge < -0.3 is 4.90 Å². The summed E-state index contributed by atoms with van der Waals surface area (Å²) in [7, 11) is 0. The first-order valence-electron chi connectivity index (χ1n) is 8.58. The summed E-state index contributed by atoms with van der Waals surface area (Å²) < 4.78 is 0. The Bertz CT molecular complexity index is 928. The summed E-state index contributed by atoms with van der Waals surface area (Å²) in [4.78, 5) is 14.4. The molecular weight excluding hydrogens is 294 g/mol. The Kier molecular flexibility index (Phi) is 3.61. The smallest absolute Gasteiger partial charge is 0.224 e. The molecule has 0 bridgehead atoms. The third kappa shape index (κ3) is 2.22. The number of hydrogen-bond acceptors (Lipinski definition) is 1. The largest absolute Gasteiger partial charge is 0.307 e. The predicted molar refractivity (Wildman–Crippen MR) is 99.4 cm³/mol. The van der Waals surface area contributed by atoms with Crippen molar-refractivity contribution in [1.82, 2.24) is 0 Å². The Balaban J connectivity index is 2.08. The highest BCUT2D eigenvalue weighted by molar-refractivity contribution is 6.05. The van der Waals surface area contributed by atoms with Crippen molar-refractivity contribution in [2.75, 3.05) is 4.90 Å². The first kappa shape index (κ1) is 14.9. The summed E-state index contributed by atoms with van der Waals surface area (Å²) >= 11 is 0. The third-order valence-corrected chi connectivity index (χ3v) is 5.12. The van der Waals surface area contributed by atoms with Crippen molar-refractivity contribution in [3.8, 4) is 0 Å². The van der Waals surface area contributed by atoms with Crippen LogP contribution in [0.1, 0.15) is 42.9 Å². The van der Waals surface area contributed by atoms with Gasteiger partial charge in [0.1, 0.15) is 0 Å². The van der Waals surface area contributed by atoms with Crippen molar-refractivity contribution in [2.45, 2.75) is 32.7 Å². The van der Waals surface area contributed by atoms with E-state index < -0.39 is 0 Å². The Labute approximate surface area is 142 Å². The molecule has 3 aromatic carbocycles. The molecule has 0 N–H and O–H groups in total. The molecule has 0 spiro atoms. The highest BCUT2D eigenvalue weighted by Crippen LogP contribution is 2.43. The maximum Gasteiger partial charge on any atom is 0.224 e. The number of amides is 1. The lowest BCUT2D eigenvalue weighted by Crippen LogP contribution is -2.28. The Morgan fingerprint density at radius 3 is 2.54 bits per heavy atom. The van der Waals surface area contributed by atoms with Gasteiger partial charge in [-0.2, -0.15) is 0 Å². The normalized spacial score (nSPS) is 16.4. The molecule has 0 fully saturated rings. The van der Waals surface area contributed by atoms with E-state index in [2.05, 4.69) is 67.6 Å². The minimum Gasteiger partial charge on any atom is -0.307 e. The molecule has 1 aliphatic heterocycles. The third-order valence-electron chi connectivity index (χ3n) is 5.12. The first-order valence-corrected chi connectivity index (χ1v) is 8.58. The zero-order chi connectivity index (χ0) is 16.7. The van der Waals surface area contributed by atoms with Gasteiger partial charge in [-0.1, -0.05) is 67.6 Å². The number of fused-ring (bicyclic) bond motifs is 4. The van der Waals surface area contributed by atoms with Crippen LogP contribution in [0, 0.1) is 0 Å². The number of rotatable bonds is 1. The average molecular weight is 315 g/mol. The Morgan fingerprint density at radius 2 is 1.75 bits per heavy atom. The van der Waals surface area contributed by atoms with Gasteiger partial charge in [-0.25, -0.2) is 0 Å². The molecule has 2 nitrogen and oxygen atoms in total. The molecular formula is C22H21NO. The molecule has 120 valence electrons. The molecule has 4 rings (SSSR count). The summed E-state index contributed by atoms with van der Waals surface area (Å²) in [5, 5.41) is 2.35. The van der Waals surface area contributed by atoms with Crippen LogP contribution in [0.5, 0.6) is 0 Å². The molecule has 3 aromatic rings. The zero-order valence-corrected chi connectivity index (χ0v) is 14.1. The summed E-state index contributed by atoms with van der Waals surface area (Å²) in [6.45, 7) is 4.54. The average Bonchev–Trinajstić information content (AvgIpc) is 2.75. The van der Waals surface area contributed by atoms with Gasteiger partial charge in [0.15, 0.2) is 0 Å². The van der Waals surface area contributed by atoms with Crippen LogP contribution in [-0.2, 0) is 11.3 Å². The van der Waals surface area contributed by atoms with Gasteiger partial charge in [0.05, 0.1) is 12.2 Å². The van der Waals surface area contributed by atoms with E-state index >= 15 is 0 Å². The van der Waals surface area contributed by atoms with Crippen molar-refractivity contribution in [3.05, 3.63) is 77.4 Å². The molecule has 0 aliphatic carbocycles. The van der Waals surface area contributed by atoms with Crippen LogP contribution in [-0.4, -0.2) is 5.91 Å². The van der Waals surface area contributed by atoms with Gasteiger partial charge in [0.25, 0.3) is 0 Å². The second-order valence-corrected chi connectivity index (χ2v) is 6.49. The maximum absolute atomic E-state index is 12.5. The highest BCUT2D eigenvalue weighted by Gasteiger charge is 2.29. The van der Waals surface area contributed by atoms with Crippen LogP contribution >= 0.6 is 0 Å². The van der Waals surface area contributed by atoms with Crippen LogP contribution in [0.2, 0.25) is 0 Å². The maximum atomic E-state index is 12.5. The van der Waals surface area contributed by atoms with Crippen molar-refractivity contribution in [1.29, 1.82) is 0 Å². The number of hydrogen-bond donors (Lipinski definition) is 0. The Hall–Kier alpha value is -2.61. The summed E-state index contributed by atoms with van der Waals surface area (Å²) in [6.07, 6.45) is 1.02. The van der Waals surface area contributed by atoms with Gasteiger partial charge in [-0.15, -0.1) is 0 Å². The fraction of sp³-hybridized carbons (Fsp3) is 0.227. The molecule has 2 heteroatoms. The number of anilines is 1. The summed E-state index contributed by atoms with van der Waals surface area (Å²) in [5.41, 5.74) is 4.94. The van der Waals surface area contributed by atoms with Crippen LogP contribution < -0.4 is 4.90 Å². The van der Waals surface area contributed by atoms with E-state index in [9.17, 15) is 4.79 Å². The SMILES string of the molecule is CC[C@@H]1c2ccccc2CN(C(C)=O)c2c1ccc1ccccc21. The van der Waals surface area contributed by atoms with E-state index in [1.54, 1.807) is 6.92 Å². The van der Waals surface area contributed by atoms with Crippen molar-refractivity contribution in [2.24, 2.45) is 0 Å². The van der Waals surface area contributed by atoms with Crippen LogP contribution in [0.4, 0.5) is 5.69 Å². The second kappa shape index (κ2) is 5.79. The number of carbonyl (C=O) groups excluding carboxylic acids is 1. The molecule has 1 amide bonds. The van der Waals surface area contributed by atoms with Gasteiger partial charge in [0, 0.05) is 18.2 Å².